The van der Waals surface area contributed by atoms with Crippen LogP contribution in [0.15, 0.2) is 72.9 Å². The minimum absolute atomic E-state index is 0.371. The molecular formula is C20H18F2NO3P. The summed E-state index contributed by atoms with van der Waals surface area (Å²) >= 11 is 0. The van der Waals surface area contributed by atoms with Gasteiger partial charge in [-0.1, -0.05) is 30.3 Å². The number of nitrogens with zero attached hydrogens (tertiary/aromatic N) is 1. The van der Waals surface area contributed by atoms with Crippen LogP contribution in [-0.4, -0.2) is 19.2 Å². The maximum Gasteiger partial charge on any atom is 0.351 e. The Balaban J connectivity index is 2.47. The van der Waals surface area contributed by atoms with E-state index in [1.807, 2.05) is 0 Å². The minimum Gasteiger partial charge on any atom is -0.311 e. The van der Waals surface area contributed by atoms with Gasteiger partial charge in [0.1, 0.15) is 11.6 Å². The van der Waals surface area contributed by atoms with Gasteiger partial charge in [-0.25, -0.2) is 8.78 Å². The van der Waals surface area contributed by atoms with Crippen molar-refractivity contribution in [3.8, 4) is 0 Å². The quantitative estimate of drug-likeness (QED) is 0.548. The molecule has 0 radical (unpaired) electrons. The first kappa shape index (κ1) is 19.4. The third-order valence-corrected chi connectivity index (χ3v) is 6.98. The summed E-state index contributed by atoms with van der Waals surface area (Å²) in [4.78, 5) is 4.39. The summed E-state index contributed by atoms with van der Waals surface area (Å²) in [6, 6.07) is 16.1. The van der Waals surface area contributed by atoms with E-state index < -0.39 is 24.4 Å². The molecular weight excluding hydrogens is 371 g/mol. The number of hydrogen-bond acceptors (Lipinski definition) is 4. The summed E-state index contributed by atoms with van der Waals surface area (Å²) in [6.07, 6.45) is 1.55. The van der Waals surface area contributed by atoms with Crippen molar-refractivity contribution in [2.24, 2.45) is 0 Å². The van der Waals surface area contributed by atoms with E-state index in [4.69, 9.17) is 9.05 Å². The zero-order chi connectivity index (χ0) is 19.5. The number of rotatable bonds is 6. The van der Waals surface area contributed by atoms with E-state index >= 15 is 0 Å². The average molecular weight is 389 g/mol. The molecule has 0 aliphatic carbocycles. The van der Waals surface area contributed by atoms with E-state index in [0.29, 0.717) is 16.8 Å². The molecule has 0 saturated carbocycles. The summed E-state index contributed by atoms with van der Waals surface area (Å²) in [5.74, 6) is -0.894. The van der Waals surface area contributed by atoms with Gasteiger partial charge < -0.3 is 9.05 Å². The molecule has 0 unspecified atom stereocenters. The van der Waals surface area contributed by atoms with Gasteiger partial charge in [0.2, 0.25) is 0 Å². The van der Waals surface area contributed by atoms with Crippen LogP contribution in [0.1, 0.15) is 16.8 Å². The molecule has 1 aromatic heterocycles. The molecule has 3 rings (SSSR count). The Hall–Kier alpha value is -2.40. The summed E-state index contributed by atoms with van der Waals surface area (Å²) in [5.41, 5.74) is 1.26. The Kier molecular flexibility index (Phi) is 5.51. The monoisotopic (exact) mass is 389 g/mol. The van der Waals surface area contributed by atoms with Crippen molar-refractivity contribution in [2.75, 3.05) is 14.2 Å². The van der Waals surface area contributed by atoms with Gasteiger partial charge >= 0.3 is 7.60 Å². The Morgan fingerprint density at radius 3 is 1.67 bits per heavy atom. The first-order valence-corrected chi connectivity index (χ1v) is 9.67. The zero-order valence-corrected chi connectivity index (χ0v) is 15.7. The largest absolute Gasteiger partial charge is 0.351 e. The molecule has 0 aliphatic heterocycles. The van der Waals surface area contributed by atoms with Crippen molar-refractivity contribution >= 4 is 7.60 Å². The average Bonchev–Trinajstić information content (AvgIpc) is 2.71. The van der Waals surface area contributed by atoms with Crippen molar-refractivity contribution < 1.29 is 22.4 Å². The molecule has 0 atom stereocenters. The Bertz CT molecular complexity index is 894. The molecule has 140 valence electrons. The highest BCUT2D eigenvalue weighted by Crippen LogP contribution is 2.69. The Morgan fingerprint density at radius 2 is 1.30 bits per heavy atom. The fraction of sp³-hybridized carbons (Fsp3) is 0.150. The predicted octanol–water partition coefficient (Wildman–Crippen LogP) is 5.14. The second-order valence-electron chi connectivity index (χ2n) is 5.80. The van der Waals surface area contributed by atoms with Crippen LogP contribution in [0.2, 0.25) is 0 Å². The van der Waals surface area contributed by atoms with Crippen LogP contribution in [0.4, 0.5) is 8.78 Å². The summed E-state index contributed by atoms with van der Waals surface area (Å²) in [5, 5.41) is -1.51. The van der Waals surface area contributed by atoms with Gasteiger partial charge in [0, 0.05) is 20.4 Å². The molecule has 0 saturated heterocycles. The molecule has 27 heavy (non-hydrogen) atoms. The standard InChI is InChI=1S/C20H18F2NO3P/c1-25-27(24,26-2)20(19-5-3-4-14-23-19,15-6-10-17(21)11-7-15)16-8-12-18(22)13-9-16/h3-14H,1-2H3. The highest BCUT2D eigenvalue weighted by molar-refractivity contribution is 7.55. The Morgan fingerprint density at radius 1 is 0.815 bits per heavy atom. The highest BCUT2D eigenvalue weighted by atomic mass is 31.2. The number of benzene rings is 2. The topological polar surface area (TPSA) is 48.4 Å². The van der Waals surface area contributed by atoms with Crippen molar-refractivity contribution in [3.63, 3.8) is 0 Å². The lowest BCUT2D eigenvalue weighted by Gasteiger charge is -2.38. The third kappa shape index (κ3) is 3.21. The lowest BCUT2D eigenvalue weighted by atomic mass is 9.86. The van der Waals surface area contributed by atoms with Crippen LogP contribution in [0.5, 0.6) is 0 Å². The van der Waals surface area contributed by atoms with Gasteiger partial charge in [-0.05, 0) is 47.5 Å². The van der Waals surface area contributed by atoms with Gasteiger partial charge in [-0.3, -0.25) is 9.55 Å². The normalized spacial score (nSPS) is 12.1. The van der Waals surface area contributed by atoms with Crippen molar-refractivity contribution in [3.05, 3.63) is 101 Å². The maximum absolute atomic E-state index is 13.9. The van der Waals surface area contributed by atoms with E-state index in [0.717, 1.165) is 0 Å². The van der Waals surface area contributed by atoms with E-state index in [9.17, 15) is 13.3 Å². The number of hydrogen-bond donors (Lipinski definition) is 0. The van der Waals surface area contributed by atoms with Crippen LogP contribution >= 0.6 is 7.60 Å². The molecule has 0 spiro atoms. The second kappa shape index (κ2) is 7.69. The second-order valence-corrected chi connectivity index (χ2v) is 8.20. The van der Waals surface area contributed by atoms with Crippen LogP contribution < -0.4 is 0 Å². The highest BCUT2D eigenvalue weighted by Gasteiger charge is 2.55. The van der Waals surface area contributed by atoms with Crippen molar-refractivity contribution in [1.29, 1.82) is 0 Å². The molecule has 4 nitrogen and oxygen atoms in total. The Labute approximate surface area is 156 Å². The fourth-order valence-corrected chi connectivity index (χ4v) is 5.27. The van der Waals surface area contributed by atoms with Crippen LogP contribution in [0.3, 0.4) is 0 Å². The van der Waals surface area contributed by atoms with Gasteiger partial charge in [0.15, 0.2) is 5.16 Å². The lowest BCUT2D eigenvalue weighted by Crippen LogP contribution is -2.32. The first-order chi connectivity index (χ1) is 13.0. The molecule has 3 aromatic rings. The number of pyridine rings is 1. The van der Waals surface area contributed by atoms with Gasteiger partial charge in [-0.15, -0.1) is 0 Å². The molecule has 0 bridgehead atoms. The molecule has 7 heteroatoms. The minimum atomic E-state index is -3.93. The molecule has 2 aromatic carbocycles. The van der Waals surface area contributed by atoms with E-state index in [-0.39, 0.29) is 0 Å². The molecule has 0 amide bonds. The molecule has 0 fully saturated rings. The van der Waals surface area contributed by atoms with E-state index in [1.165, 1.54) is 62.8 Å². The van der Waals surface area contributed by atoms with Gasteiger partial charge in [-0.2, -0.15) is 0 Å². The van der Waals surface area contributed by atoms with Crippen LogP contribution in [-0.2, 0) is 18.8 Å². The maximum atomic E-state index is 13.9. The third-order valence-electron chi connectivity index (χ3n) is 4.45. The smallest absolute Gasteiger partial charge is 0.311 e. The van der Waals surface area contributed by atoms with Gasteiger partial charge in [0.25, 0.3) is 0 Å². The van der Waals surface area contributed by atoms with Crippen molar-refractivity contribution in [2.45, 2.75) is 5.16 Å². The molecule has 0 N–H and O–H groups in total. The van der Waals surface area contributed by atoms with Crippen molar-refractivity contribution in [1.82, 2.24) is 4.98 Å². The van der Waals surface area contributed by atoms with E-state index in [1.54, 1.807) is 24.4 Å². The summed E-state index contributed by atoms with van der Waals surface area (Å²) < 4.78 is 51.8. The van der Waals surface area contributed by atoms with Gasteiger partial charge in [0.05, 0.1) is 5.69 Å². The predicted molar refractivity (Wildman–Crippen MR) is 98.5 cm³/mol. The SMILES string of the molecule is COP(=O)(OC)C(c1ccc(F)cc1)(c1ccc(F)cc1)c1ccccn1. The van der Waals surface area contributed by atoms with Crippen LogP contribution in [0, 0.1) is 11.6 Å². The number of aromatic nitrogens is 1. The number of halogens is 2. The summed E-state index contributed by atoms with van der Waals surface area (Å²) in [7, 11) is -1.38. The van der Waals surface area contributed by atoms with Crippen LogP contribution in [0.25, 0.3) is 0 Å². The fourth-order valence-electron chi connectivity index (χ4n) is 3.23. The first-order valence-electron chi connectivity index (χ1n) is 8.13. The van der Waals surface area contributed by atoms with E-state index in [2.05, 4.69) is 4.98 Å². The molecule has 1 heterocycles. The summed E-state index contributed by atoms with van der Waals surface area (Å²) in [6.45, 7) is 0. The lowest BCUT2D eigenvalue weighted by molar-refractivity contribution is 0.258. The zero-order valence-electron chi connectivity index (χ0n) is 14.8. The molecule has 0 aliphatic rings.